The second-order valence-corrected chi connectivity index (χ2v) is 8.08. The molecule has 0 unspecified atom stereocenters. The molecule has 0 aromatic carbocycles. The Hall–Kier alpha value is -0.0800. The summed E-state index contributed by atoms with van der Waals surface area (Å²) in [6.07, 6.45) is 0.0846. The van der Waals surface area contributed by atoms with Crippen LogP contribution in [0.4, 0.5) is 0 Å². The van der Waals surface area contributed by atoms with Crippen LogP contribution in [0.15, 0.2) is 14.5 Å². The Balaban J connectivity index is 2.48. The summed E-state index contributed by atoms with van der Waals surface area (Å²) in [5.74, 6) is 0. The first-order valence-corrected chi connectivity index (χ1v) is 7.63. The second kappa shape index (κ2) is 3.74. The van der Waals surface area contributed by atoms with E-state index in [1.807, 2.05) is 6.92 Å². The second-order valence-electron chi connectivity index (χ2n) is 3.53. The lowest BCUT2D eigenvalue weighted by Crippen LogP contribution is -2.11. The van der Waals surface area contributed by atoms with Gasteiger partial charge in [-0.2, -0.15) is 0 Å². The van der Waals surface area contributed by atoms with Gasteiger partial charge in [0.25, 0.3) is 0 Å². The third-order valence-corrected chi connectivity index (χ3v) is 6.15. The predicted octanol–water partition coefficient (Wildman–Crippen LogP) is 1.31. The monoisotopic (exact) mass is 265 g/mol. The molecule has 1 aromatic heterocycles. The minimum absolute atomic E-state index is 0.133. The Bertz CT molecular complexity index is 479. The maximum atomic E-state index is 11.1. The molecule has 7 heteroatoms. The number of hydrogen-bond acceptors (Lipinski definition) is 5. The number of fused-ring (bicyclic) bond motifs is 1. The van der Waals surface area contributed by atoms with Crippen molar-refractivity contribution >= 4 is 33.1 Å². The van der Waals surface area contributed by atoms with E-state index in [0.717, 1.165) is 15.5 Å². The topological polar surface area (TPSA) is 80.4 Å². The zero-order valence-corrected chi connectivity index (χ0v) is 10.5. The zero-order chi connectivity index (χ0) is 11.2. The smallest absolute Gasteiger partial charge is 0.247 e. The summed E-state index contributed by atoms with van der Waals surface area (Å²) in [6.45, 7) is 2.01. The molecule has 2 atom stereocenters. The number of hydrogen-bond donors (Lipinski definition) is 2. The minimum atomic E-state index is -3.64. The highest BCUT2D eigenvalue weighted by Gasteiger charge is 2.28. The van der Waals surface area contributed by atoms with Crippen LogP contribution >= 0.6 is 23.1 Å². The molecule has 2 heterocycles. The van der Waals surface area contributed by atoms with Gasteiger partial charge in [0.1, 0.15) is 4.21 Å². The van der Waals surface area contributed by atoms with E-state index in [4.69, 9.17) is 5.14 Å². The molecule has 1 aromatic rings. The summed E-state index contributed by atoms with van der Waals surface area (Å²) in [7, 11) is -3.64. The molecule has 0 radical (unpaired) electrons. The number of aliphatic hydroxyl groups excluding tert-OH is 1. The van der Waals surface area contributed by atoms with Crippen LogP contribution in [-0.2, 0) is 10.0 Å². The maximum absolute atomic E-state index is 11.1. The summed E-state index contributed by atoms with van der Waals surface area (Å²) >= 11 is 2.73. The van der Waals surface area contributed by atoms with Crippen molar-refractivity contribution in [2.45, 2.75) is 33.1 Å². The molecule has 2 rings (SSSR count). The van der Waals surface area contributed by atoms with Gasteiger partial charge < -0.3 is 5.11 Å². The first-order valence-electron chi connectivity index (χ1n) is 4.39. The first-order chi connectivity index (χ1) is 6.88. The third kappa shape index (κ3) is 2.21. The van der Waals surface area contributed by atoms with Crippen molar-refractivity contribution in [1.29, 1.82) is 0 Å². The lowest BCUT2D eigenvalue weighted by atomic mass is 10.1. The summed E-state index contributed by atoms with van der Waals surface area (Å²) in [4.78, 5) is 0. The van der Waals surface area contributed by atoms with Crippen LogP contribution in [0.1, 0.15) is 25.0 Å². The van der Waals surface area contributed by atoms with Gasteiger partial charge in [0, 0.05) is 10.8 Å². The normalized spacial score (nSPS) is 26.3. The number of nitrogens with two attached hydrogens (primary N) is 1. The third-order valence-electron chi connectivity index (χ3n) is 2.21. The van der Waals surface area contributed by atoms with Crippen LogP contribution in [0.5, 0.6) is 0 Å². The molecule has 0 bridgehead atoms. The van der Waals surface area contributed by atoms with E-state index in [0.29, 0.717) is 17.2 Å². The predicted molar refractivity (Wildman–Crippen MR) is 60.6 cm³/mol. The van der Waals surface area contributed by atoms with E-state index in [9.17, 15) is 13.5 Å². The summed E-state index contributed by atoms with van der Waals surface area (Å²) in [5, 5.41) is 15.1. The molecule has 0 aliphatic carbocycles. The van der Waals surface area contributed by atoms with E-state index in [1.54, 1.807) is 11.8 Å². The van der Waals surface area contributed by atoms with Crippen LogP contribution in [0, 0.1) is 0 Å². The van der Waals surface area contributed by atoms with Crippen LogP contribution in [-0.4, -0.2) is 18.8 Å². The fourth-order valence-electron chi connectivity index (χ4n) is 1.50. The fraction of sp³-hybridized carbons (Fsp3) is 0.500. The summed E-state index contributed by atoms with van der Waals surface area (Å²) in [6, 6.07) is 1.48. The van der Waals surface area contributed by atoms with Gasteiger partial charge in [-0.15, -0.1) is 23.1 Å². The molecule has 1 aliphatic heterocycles. The Labute approximate surface area is 96.5 Å². The average Bonchev–Trinajstić information content (AvgIpc) is 2.46. The molecule has 3 N–H and O–H groups in total. The molecule has 15 heavy (non-hydrogen) atoms. The largest absolute Gasteiger partial charge is 0.388 e. The van der Waals surface area contributed by atoms with Crippen LogP contribution in [0.2, 0.25) is 0 Å². The van der Waals surface area contributed by atoms with Crippen molar-refractivity contribution in [3.63, 3.8) is 0 Å². The fourth-order valence-corrected chi connectivity index (χ4v) is 5.28. The Morgan fingerprint density at radius 1 is 1.60 bits per heavy atom. The summed E-state index contributed by atoms with van der Waals surface area (Å²) < 4.78 is 23.3. The molecule has 4 nitrogen and oxygen atoms in total. The van der Waals surface area contributed by atoms with E-state index < -0.39 is 16.1 Å². The molecule has 0 amide bonds. The van der Waals surface area contributed by atoms with Gasteiger partial charge in [0.05, 0.1) is 10.3 Å². The highest BCUT2D eigenvalue weighted by molar-refractivity contribution is 8.02. The van der Waals surface area contributed by atoms with Gasteiger partial charge in [0.2, 0.25) is 10.0 Å². The molecule has 0 saturated heterocycles. The number of sulfonamides is 1. The number of thioether (sulfide) groups is 1. The van der Waals surface area contributed by atoms with Gasteiger partial charge >= 0.3 is 0 Å². The SMILES string of the molecule is C[C@H]1C[C@H](O)c2cc(S(N)(=O)=O)sc2S1. The highest BCUT2D eigenvalue weighted by atomic mass is 32.3. The van der Waals surface area contributed by atoms with E-state index in [-0.39, 0.29) is 4.21 Å². The number of rotatable bonds is 1. The van der Waals surface area contributed by atoms with Gasteiger partial charge in [-0.25, -0.2) is 13.6 Å². The lowest BCUT2D eigenvalue weighted by molar-refractivity contribution is 0.164. The Morgan fingerprint density at radius 2 is 2.27 bits per heavy atom. The highest BCUT2D eigenvalue weighted by Crippen LogP contribution is 2.46. The standard InChI is InChI=1S/C8H11NO3S3/c1-4-2-6(10)5-3-7(15(9,11)12)14-8(5)13-4/h3-4,6,10H,2H2,1H3,(H2,9,11,12)/t4-,6-/m0/s1. The quantitative estimate of drug-likeness (QED) is 0.802. The lowest BCUT2D eigenvalue weighted by Gasteiger charge is -2.22. The summed E-state index contributed by atoms with van der Waals surface area (Å²) in [5.41, 5.74) is 0.701. The Kier molecular flexibility index (Phi) is 2.85. The molecule has 84 valence electrons. The minimum Gasteiger partial charge on any atom is -0.388 e. The number of aliphatic hydroxyl groups is 1. The maximum Gasteiger partial charge on any atom is 0.247 e. The molecule has 0 spiro atoms. The van der Waals surface area contributed by atoms with Gasteiger partial charge in [-0.1, -0.05) is 6.92 Å². The molecular weight excluding hydrogens is 254 g/mol. The van der Waals surface area contributed by atoms with Crippen LogP contribution in [0.3, 0.4) is 0 Å². The van der Waals surface area contributed by atoms with Crippen LogP contribution in [0.25, 0.3) is 0 Å². The molecule has 1 aliphatic rings. The van der Waals surface area contributed by atoms with Crippen molar-refractivity contribution in [3.05, 3.63) is 11.6 Å². The van der Waals surface area contributed by atoms with Crippen molar-refractivity contribution in [1.82, 2.24) is 0 Å². The van der Waals surface area contributed by atoms with Crippen molar-refractivity contribution in [3.8, 4) is 0 Å². The molecule has 0 fully saturated rings. The zero-order valence-electron chi connectivity index (χ0n) is 8.00. The van der Waals surface area contributed by atoms with E-state index in [2.05, 4.69) is 0 Å². The van der Waals surface area contributed by atoms with Gasteiger partial charge in [-0.05, 0) is 12.5 Å². The van der Waals surface area contributed by atoms with Crippen molar-refractivity contribution in [2.24, 2.45) is 5.14 Å². The molecular formula is C8H11NO3S3. The van der Waals surface area contributed by atoms with Gasteiger partial charge in [0.15, 0.2) is 0 Å². The molecule has 0 saturated carbocycles. The average molecular weight is 265 g/mol. The van der Waals surface area contributed by atoms with Crippen molar-refractivity contribution < 1.29 is 13.5 Å². The van der Waals surface area contributed by atoms with E-state index >= 15 is 0 Å². The number of primary sulfonamides is 1. The van der Waals surface area contributed by atoms with E-state index in [1.165, 1.54) is 6.07 Å². The Morgan fingerprint density at radius 3 is 2.87 bits per heavy atom. The van der Waals surface area contributed by atoms with Crippen molar-refractivity contribution in [2.75, 3.05) is 0 Å². The van der Waals surface area contributed by atoms with Gasteiger partial charge in [-0.3, -0.25) is 0 Å². The number of thiophene rings is 1. The van der Waals surface area contributed by atoms with Crippen LogP contribution < -0.4 is 5.14 Å². The first kappa shape index (κ1) is 11.4.